The number of pyridine rings is 1. The third kappa shape index (κ3) is 3.21. The first-order valence-electron chi connectivity index (χ1n) is 4.99. The van der Waals surface area contributed by atoms with Crippen LogP contribution < -0.4 is 0 Å². The van der Waals surface area contributed by atoms with Gasteiger partial charge in [-0.25, -0.2) is 18.6 Å². The number of rotatable bonds is 3. The smallest absolute Gasteiger partial charge is 0.337 e. The van der Waals surface area contributed by atoms with Crippen LogP contribution in [-0.2, 0) is 0 Å². The van der Waals surface area contributed by atoms with E-state index in [1.165, 1.54) is 6.07 Å². The molecule has 0 bridgehead atoms. The Hall–Kier alpha value is -1.66. The number of hydrogen-bond donors (Lipinski definition) is 1. The van der Waals surface area contributed by atoms with Crippen molar-refractivity contribution in [1.82, 2.24) is 4.98 Å². The SMILES string of the molecule is O=C(O)c1cnc(Sc2cc(F)ccc2F)c(Cl)c1. The van der Waals surface area contributed by atoms with Gasteiger partial charge >= 0.3 is 5.97 Å². The lowest BCUT2D eigenvalue weighted by atomic mass is 10.3. The summed E-state index contributed by atoms with van der Waals surface area (Å²) in [6.07, 6.45) is 1.10. The summed E-state index contributed by atoms with van der Waals surface area (Å²) in [6, 6.07) is 4.22. The second kappa shape index (κ2) is 5.54. The quantitative estimate of drug-likeness (QED) is 0.935. The fourth-order valence-electron chi connectivity index (χ4n) is 1.28. The molecule has 1 heterocycles. The van der Waals surface area contributed by atoms with Gasteiger partial charge in [-0.15, -0.1) is 0 Å². The van der Waals surface area contributed by atoms with Gasteiger partial charge in [0.1, 0.15) is 16.7 Å². The van der Waals surface area contributed by atoms with E-state index in [1.807, 2.05) is 0 Å². The first kappa shape index (κ1) is 13.8. The molecule has 0 amide bonds. The minimum absolute atomic E-state index is 0.0254. The highest BCUT2D eigenvalue weighted by Crippen LogP contribution is 2.33. The molecule has 7 heteroatoms. The fourth-order valence-corrected chi connectivity index (χ4v) is 2.37. The third-order valence-electron chi connectivity index (χ3n) is 2.15. The Morgan fingerprint density at radius 2 is 2.05 bits per heavy atom. The average Bonchev–Trinajstić information content (AvgIpc) is 2.36. The van der Waals surface area contributed by atoms with Crippen LogP contribution in [0.5, 0.6) is 0 Å². The average molecular weight is 302 g/mol. The van der Waals surface area contributed by atoms with Crippen molar-refractivity contribution in [1.29, 1.82) is 0 Å². The zero-order valence-corrected chi connectivity index (χ0v) is 10.8. The summed E-state index contributed by atoms with van der Waals surface area (Å²) >= 11 is 6.68. The van der Waals surface area contributed by atoms with Gasteiger partial charge < -0.3 is 5.11 Å². The largest absolute Gasteiger partial charge is 0.478 e. The summed E-state index contributed by atoms with van der Waals surface area (Å²) in [5.74, 6) is -2.35. The molecule has 3 nitrogen and oxygen atoms in total. The molecule has 0 fully saturated rings. The minimum Gasteiger partial charge on any atom is -0.478 e. The van der Waals surface area contributed by atoms with Gasteiger partial charge in [0, 0.05) is 6.20 Å². The van der Waals surface area contributed by atoms with Crippen LogP contribution in [0.3, 0.4) is 0 Å². The first-order chi connectivity index (χ1) is 8.97. The molecule has 0 spiro atoms. The predicted molar refractivity (Wildman–Crippen MR) is 66.7 cm³/mol. The van der Waals surface area contributed by atoms with Gasteiger partial charge in [-0.3, -0.25) is 0 Å². The van der Waals surface area contributed by atoms with Gasteiger partial charge in [0.15, 0.2) is 0 Å². The van der Waals surface area contributed by atoms with E-state index in [4.69, 9.17) is 16.7 Å². The summed E-state index contributed by atoms with van der Waals surface area (Å²) < 4.78 is 26.5. The van der Waals surface area contributed by atoms with Crippen LogP contribution in [-0.4, -0.2) is 16.1 Å². The third-order valence-corrected chi connectivity index (χ3v) is 3.61. The lowest BCUT2D eigenvalue weighted by molar-refractivity contribution is 0.0696. The highest BCUT2D eigenvalue weighted by atomic mass is 35.5. The summed E-state index contributed by atoms with van der Waals surface area (Å²) in [7, 11) is 0. The Morgan fingerprint density at radius 3 is 2.68 bits per heavy atom. The highest BCUT2D eigenvalue weighted by molar-refractivity contribution is 7.99. The van der Waals surface area contributed by atoms with Gasteiger partial charge in [-0.1, -0.05) is 23.4 Å². The summed E-state index contributed by atoms with van der Waals surface area (Å²) in [5.41, 5.74) is -0.0749. The van der Waals surface area contributed by atoms with E-state index < -0.39 is 17.6 Å². The Morgan fingerprint density at radius 1 is 1.32 bits per heavy atom. The van der Waals surface area contributed by atoms with E-state index in [9.17, 15) is 13.6 Å². The zero-order chi connectivity index (χ0) is 14.0. The van der Waals surface area contributed by atoms with Crippen molar-refractivity contribution >= 4 is 29.3 Å². The topological polar surface area (TPSA) is 50.2 Å². The molecule has 0 saturated heterocycles. The van der Waals surface area contributed by atoms with Crippen molar-refractivity contribution in [3.05, 3.63) is 52.7 Å². The lowest BCUT2D eigenvalue weighted by Crippen LogP contribution is -1.97. The van der Waals surface area contributed by atoms with E-state index in [0.29, 0.717) is 0 Å². The second-order valence-corrected chi connectivity index (χ2v) is 4.93. The first-order valence-corrected chi connectivity index (χ1v) is 6.18. The molecule has 0 aliphatic carbocycles. The van der Waals surface area contributed by atoms with Crippen LogP contribution in [0.1, 0.15) is 10.4 Å². The van der Waals surface area contributed by atoms with Gasteiger partial charge in [0.05, 0.1) is 15.5 Å². The second-order valence-electron chi connectivity index (χ2n) is 3.49. The number of aromatic nitrogens is 1. The maximum Gasteiger partial charge on any atom is 0.337 e. The van der Waals surface area contributed by atoms with Gasteiger partial charge in [-0.2, -0.15) is 0 Å². The number of hydrogen-bond acceptors (Lipinski definition) is 3. The molecule has 2 rings (SSSR count). The van der Waals surface area contributed by atoms with Crippen LogP contribution in [0.15, 0.2) is 40.4 Å². The highest BCUT2D eigenvalue weighted by Gasteiger charge is 2.12. The molecule has 1 N–H and O–H groups in total. The Bertz CT molecular complexity index is 652. The van der Waals surface area contributed by atoms with Gasteiger partial charge in [-0.05, 0) is 24.3 Å². The van der Waals surface area contributed by atoms with Crippen LogP contribution in [0.2, 0.25) is 5.02 Å². The number of carbonyl (C=O) groups is 1. The molecular weight excluding hydrogens is 296 g/mol. The number of nitrogens with zero attached hydrogens (tertiary/aromatic N) is 1. The number of benzene rings is 1. The summed E-state index contributed by atoms with van der Waals surface area (Å²) in [4.78, 5) is 14.6. The number of carboxylic acids is 1. The predicted octanol–water partition coefficient (Wildman–Crippen LogP) is 3.86. The molecule has 98 valence electrons. The Labute approximate surface area is 116 Å². The molecule has 0 unspecified atom stereocenters. The number of aromatic carboxylic acids is 1. The normalized spacial score (nSPS) is 10.5. The number of carboxylic acid groups (broad SMARTS) is 1. The van der Waals surface area contributed by atoms with E-state index >= 15 is 0 Å². The molecule has 0 radical (unpaired) electrons. The van der Waals surface area contributed by atoms with Gasteiger partial charge in [0.25, 0.3) is 0 Å². The zero-order valence-electron chi connectivity index (χ0n) is 9.23. The molecule has 1 aromatic carbocycles. The van der Waals surface area contributed by atoms with E-state index in [-0.39, 0.29) is 20.5 Å². The fraction of sp³-hybridized carbons (Fsp3) is 0. The van der Waals surface area contributed by atoms with E-state index in [2.05, 4.69) is 4.98 Å². The molecule has 2 aromatic rings. The van der Waals surface area contributed by atoms with Gasteiger partial charge in [0.2, 0.25) is 0 Å². The molecule has 19 heavy (non-hydrogen) atoms. The summed E-state index contributed by atoms with van der Waals surface area (Å²) in [5, 5.41) is 9.02. The van der Waals surface area contributed by atoms with Crippen molar-refractivity contribution in [2.45, 2.75) is 9.92 Å². The van der Waals surface area contributed by atoms with Crippen molar-refractivity contribution in [3.8, 4) is 0 Å². The Kier molecular flexibility index (Phi) is 4.01. The van der Waals surface area contributed by atoms with Crippen LogP contribution in [0, 0.1) is 11.6 Å². The van der Waals surface area contributed by atoms with E-state index in [1.54, 1.807) is 0 Å². The van der Waals surface area contributed by atoms with Crippen LogP contribution in [0.4, 0.5) is 8.78 Å². The minimum atomic E-state index is -1.16. The molecule has 0 aliphatic rings. The maximum atomic E-state index is 13.4. The molecular formula is C12H6ClF2NO2S. The lowest BCUT2D eigenvalue weighted by Gasteiger charge is -2.05. The van der Waals surface area contributed by atoms with Crippen molar-refractivity contribution in [2.75, 3.05) is 0 Å². The van der Waals surface area contributed by atoms with Crippen molar-refractivity contribution in [3.63, 3.8) is 0 Å². The molecule has 0 saturated carbocycles. The van der Waals surface area contributed by atoms with Crippen LogP contribution >= 0.6 is 23.4 Å². The summed E-state index contributed by atoms with van der Waals surface area (Å²) in [6.45, 7) is 0. The van der Waals surface area contributed by atoms with E-state index in [0.717, 1.165) is 36.2 Å². The monoisotopic (exact) mass is 301 g/mol. The maximum absolute atomic E-state index is 13.4. The molecule has 0 aliphatic heterocycles. The molecule has 1 aromatic heterocycles. The van der Waals surface area contributed by atoms with Crippen molar-refractivity contribution in [2.24, 2.45) is 0 Å². The number of halogens is 3. The molecule has 0 atom stereocenters. The Balaban J connectivity index is 2.33. The van der Waals surface area contributed by atoms with Crippen LogP contribution in [0.25, 0.3) is 0 Å². The standard InChI is InChI=1S/C12H6ClF2NO2S/c13-8-3-6(12(17)18)5-16-11(8)19-10-4-7(14)1-2-9(10)15/h1-5H,(H,17,18). The van der Waals surface area contributed by atoms with Crippen molar-refractivity contribution < 1.29 is 18.7 Å².